The summed E-state index contributed by atoms with van der Waals surface area (Å²) >= 11 is 0. The van der Waals surface area contributed by atoms with Gasteiger partial charge in [-0.15, -0.1) is 5.10 Å². The molecule has 0 unspecified atom stereocenters. The number of H-pyrrole nitrogens is 1. The number of Topliss-reactive ketones (excluding diaryl/α,β-unsaturated/α-hetero) is 1. The number of imidazole rings is 1. The number of rotatable bonds is 9. The molecule has 7 nitrogen and oxygen atoms in total. The van der Waals surface area contributed by atoms with Gasteiger partial charge in [-0.2, -0.15) is 0 Å². The van der Waals surface area contributed by atoms with E-state index < -0.39 is 0 Å². The number of hydrogen-bond donors (Lipinski definition) is 1. The average molecular weight is 403 g/mol. The standard InChI is InChI=1S/C23H25N5O2/c1-16(18-6-4-3-5-7-18)12-20(29)13-19-14-22-21(15-25-19)23(27-26-22)30-11-10-28-9-8-24-17(28)2/h3-9,14-16H,10-13H2,1-2H3,(H,26,27)/t16-/m0/s1. The van der Waals surface area contributed by atoms with Crippen LogP contribution in [0.5, 0.6) is 5.88 Å². The van der Waals surface area contributed by atoms with Crippen LogP contribution in [0.3, 0.4) is 0 Å². The van der Waals surface area contributed by atoms with Crippen molar-refractivity contribution >= 4 is 16.7 Å². The lowest BCUT2D eigenvalue weighted by atomic mass is 9.94. The van der Waals surface area contributed by atoms with Crippen LogP contribution in [0.2, 0.25) is 0 Å². The summed E-state index contributed by atoms with van der Waals surface area (Å²) in [5.41, 5.74) is 2.73. The third-order valence-electron chi connectivity index (χ3n) is 5.24. The van der Waals surface area contributed by atoms with E-state index in [0.29, 0.717) is 31.9 Å². The maximum Gasteiger partial charge on any atom is 0.242 e. The van der Waals surface area contributed by atoms with Crippen LogP contribution < -0.4 is 4.74 Å². The number of aryl methyl sites for hydroxylation is 1. The first-order valence-corrected chi connectivity index (χ1v) is 10.1. The van der Waals surface area contributed by atoms with Crippen LogP contribution in [0.25, 0.3) is 10.9 Å². The third-order valence-corrected chi connectivity index (χ3v) is 5.24. The molecule has 0 aliphatic heterocycles. The van der Waals surface area contributed by atoms with Crippen molar-refractivity contribution in [2.75, 3.05) is 6.61 Å². The molecule has 0 amide bonds. The number of ether oxygens (including phenoxy) is 1. The highest BCUT2D eigenvalue weighted by Crippen LogP contribution is 2.23. The quantitative estimate of drug-likeness (QED) is 0.459. The maximum absolute atomic E-state index is 12.5. The van der Waals surface area contributed by atoms with Gasteiger partial charge in [0.15, 0.2) is 0 Å². The molecule has 0 saturated heterocycles. The Kier molecular flexibility index (Phi) is 5.88. The zero-order valence-corrected chi connectivity index (χ0v) is 17.2. The summed E-state index contributed by atoms with van der Waals surface area (Å²) in [6.07, 6.45) is 6.22. The van der Waals surface area contributed by atoms with Crippen LogP contribution in [-0.4, -0.2) is 37.1 Å². The second kappa shape index (κ2) is 8.90. The summed E-state index contributed by atoms with van der Waals surface area (Å²) in [7, 11) is 0. The number of nitrogens with zero attached hydrogens (tertiary/aromatic N) is 4. The molecule has 0 fully saturated rings. The molecule has 3 heterocycles. The van der Waals surface area contributed by atoms with Crippen molar-refractivity contribution in [1.82, 2.24) is 24.7 Å². The van der Waals surface area contributed by atoms with Crippen LogP contribution in [0, 0.1) is 6.92 Å². The fourth-order valence-corrected chi connectivity index (χ4v) is 3.54. The van der Waals surface area contributed by atoms with Gasteiger partial charge in [0.25, 0.3) is 0 Å². The zero-order chi connectivity index (χ0) is 20.9. The summed E-state index contributed by atoms with van der Waals surface area (Å²) < 4.78 is 7.83. The zero-order valence-electron chi connectivity index (χ0n) is 17.2. The highest BCUT2D eigenvalue weighted by Gasteiger charge is 2.14. The van der Waals surface area contributed by atoms with E-state index in [-0.39, 0.29) is 11.7 Å². The average Bonchev–Trinajstić information content (AvgIpc) is 3.34. The van der Waals surface area contributed by atoms with E-state index in [1.807, 2.05) is 42.0 Å². The molecule has 0 saturated carbocycles. The molecule has 1 aromatic carbocycles. The number of carbonyl (C=O) groups is 1. The van der Waals surface area contributed by atoms with Gasteiger partial charge in [0.1, 0.15) is 18.2 Å². The third kappa shape index (κ3) is 4.56. The normalized spacial score (nSPS) is 12.2. The SMILES string of the molecule is Cc1nccn1CCOc1n[nH]c2cc(CC(=O)C[C@H](C)c3ccccc3)ncc12. The lowest BCUT2D eigenvalue weighted by Gasteiger charge is -2.10. The van der Waals surface area contributed by atoms with Crippen LogP contribution >= 0.6 is 0 Å². The fraction of sp³-hybridized carbons (Fsp3) is 0.304. The van der Waals surface area contributed by atoms with E-state index in [1.165, 1.54) is 5.56 Å². The molecule has 0 aliphatic rings. The number of aromatic amines is 1. The van der Waals surface area contributed by atoms with Gasteiger partial charge in [-0.05, 0) is 24.5 Å². The minimum Gasteiger partial charge on any atom is -0.474 e. The van der Waals surface area contributed by atoms with Crippen molar-refractivity contribution in [3.63, 3.8) is 0 Å². The van der Waals surface area contributed by atoms with Gasteiger partial charge in [-0.25, -0.2) is 4.98 Å². The molecule has 0 spiro atoms. The van der Waals surface area contributed by atoms with Gasteiger partial charge in [-0.3, -0.25) is 14.9 Å². The van der Waals surface area contributed by atoms with Crippen molar-refractivity contribution in [1.29, 1.82) is 0 Å². The summed E-state index contributed by atoms with van der Waals surface area (Å²) in [5, 5.41) is 8.04. The number of pyridine rings is 1. The Morgan fingerprint density at radius 2 is 2.07 bits per heavy atom. The van der Waals surface area contributed by atoms with E-state index in [0.717, 1.165) is 22.4 Å². The highest BCUT2D eigenvalue weighted by molar-refractivity contribution is 5.85. The molecule has 0 bridgehead atoms. The molecule has 4 rings (SSSR count). The van der Waals surface area contributed by atoms with Gasteiger partial charge >= 0.3 is 0 Å². The molecule has 0 aliphatic carbocycles. The maximum atomic E-state index is 12.5. The Balaban J connectivity index is 1.35. The van der Waals surface area contributed by atoms with Gasteiger partial charge in [0.05, 0.1) is 17.4 Å². The highest BCUT2D eigenvalue weighted by atomic mass is 16.5. The number of benzene rings is 1. The van der Waals surface area contributed by atoms with E-state index >= 15 is 0 Å². The lowest BCUT2D eigenvalue weighted by molar-refractivity contribution is -0.118. The monoisotopic (exact) mass is 403 g/mol. The van der Waals surface area contributed by atoms with E-state index in [9.17, 15) is 4.79 Å². The molecule has 4 aromatic rings. The largest absolute Gasteiger partial charge is 0.474 e. The Morgan fingerprint density at radius 3 is 2.83 bits per heavy atom. The molecule has 154 valence electrons. The van der Waals surface area contributed by atoms with Gasteiger partial charge < -0.3 is 9.30 Å². The summed E-state index contributed by atoms with van der Waals surface area (Å²) in [6.45, 7) is 5.21. The van der Waals surface area contributed by atoms with Crippen LogP contribution in [0.15, 0.2) is 55.0 Å². The van der Waals surface area contributed by atoms with Gasteiger partial charge in [0, 0.05) is 37.1 Å². The van der Waals surface area contributed by atoms with Crippen LogP contribution in [-0.2, 0) is 17.8 Å². The first kappa shape index (κ1) is 19.8. The predicted octanol–water partition coefficient (Wildman–Crippen LogP) is 3.85. The predicted molar refractivity (Wildman–Crippen MR) is 115 cm³/mol. The number of fused-ring (bicyclic) bond motifs is 1. The fourth-order valence-electron chi connectivity index (χ4n) is 3.54. The van der Waals surface area contributed by atoms with Crippen molar-refractivity contribution in [2.24, 2.45) is 0 Å². The lowest BCUT2D eigenvalue weighted by Crippen LogP contribution is -2.09. The van der Waals surface area contributed by atoms with Gasteiger partial charge in [0.2, 0.25) is 5.88 Å². The van der Waals surface area contributed by atoms with Crippen LogP contribution in [0.4, 0.5) is 0 Å². The topological polar surface area (TPSA) is 85.7 Å². The van der Waals surface area contributed by atoms with Crippen molar-refractivity contribution in [3.8, 4) is 5.88 Å². The number of hydrogen-bond acceptors (Lipinski definition) is 5. The molecule has 1 N–H and O–H groups in total. The molecular weight excluding hydrogens is 378 g/mol. The Morgan fingerprint density at radius 1 is 1.23 bits per heavy atom. The van der Waals surface area contributed by atoms with Gasteiger partial charge in [-0.1, -0.05) is 37.3 Å². The minimum atomic E-state index is 0.171. The molecule has 3 aromatic heterocycles. The smallest absolute Gasteiger partial charge is 0.242 e. The molecule has 0 radical (unpaired) electrons. The second-order valence-corrected chi connectivity index (χ2v) is 7.50. The number of ketones is 1. The van der Waals surface area contributed by atoms with E-state index in [4.69, 9.17) is 4.74 Å². The minimum absolute atomic E-state index is 0.171. The van der Waals surface area contributed by atoms with Crippen molar-refractivity contribution in [2.45, 2.75) is 39.2 Å². The molecule has 1 atom stereocenters. The first-order valence-electron chi connectivity index (χ1n) is 10.1. The summed E-state index contributed by atoms with van der Waals surface area (Å²) in [6, 6.07) is 12.0. The number of aromatic nitrogens is 5. The van der Waals surface area contributed by atoms with Crippen LogP contribution in [0.1, 0.15) is 36.3 Å². The summed E-state index contributed by atoms with van der Waals surface area (Å²) in [5.74, 6) is 1.83. The second-order valence-electron chi connectivity index (χ2n) is 7.50. The van der Waals surface area contributed by atoms with Crippen molar-refractivity contribution < 1.29 is 9.53 Å². The first-order chi connectivity index (χ1) is 14.6. The Bertz CT molecular complexity index is 1130. The van der Waals surface area contributed by atoms with E-state index in [2.05, 4.69) is 39.2 Å². The Labute approximate surface area is 175 Å². The number of carbonyl (C=O) groups excluding carboxylic acids is 1. The Hall–Kier alpha value is -3.48. The van der Waals surface area contributed by atoms with E-state index in [1.54, 1.807) is 12.4 Å². The summed E-state index contributed by atoms with van der Waals surface area (Å²) in [4.78, 5) is 21.2. The van der Waals surface area contributed by atoms with Crippen molar-refractivity contribution in [3.05, 3.63) is 72.1 Å². The molecular formula is C23H25N5O2. The molecule has 30 heavy (non-hydrogen) atoms. The number of nitrogens with one attached hydrogen (secondary N) is 1. The molecule has 7 heteroatoms.